The Kier molecular flexibility index (Phi) is 2.43. The summed E-state index contributed by atoms with van der Waals surface area (Å²) in [5.74, 6) is -0.441. The van der Waals surface area contributed by atoms with Gasteiger partial charge in [-0.25, -0.2) is 4.98 Å². The van der Waals surface area contributed by atoms with Gasteiger partial charge in [-0.05, 0) is 12.1 Å². The van der Waals surface area contributed by atoms with Crippen molar-refractivity contribution in [3.8, 4) is 0 Å². The summed E-state index contributed by atoms with van der Waals surface area (Å²) in [7, 11) is 0. The van der Waals surface area contributed by atoms with Crippen molar-refractivity contribution in [1.82, 2.24) is 4.98 Å². The molecule has 0 atom stereocenters. The van der Waals surface area contributed by atoms with Gasteiger partial charge in [0.05, 0.1) is 10.2 Å². The number of nitrogens with one attached hydrogen (secondary N) is 1. The maximum atomic E-state index is 10.9. The van der Waals surface area contributed by atoms with Crippen molar-refractivity contribution in [2.75, 3.05) is 11.9 Å². The molecule has 0 saturated carbocycles. The number of thiazole rings is 1. The van der Waals surface area contributed by atoms with Gasteiger partial charge in [0.25, 0.3) is 5.91 Å². The number of fused-ring (bicyclic) bond motifs is 1. The smallest absolute Gasteiger partial charge is 0.251 e. The fourth-order valence-corrected chi connectivity index (χ4v) is 1.97. The number of carbonyl (C=O) groups excluding carboxylic acids is 1. The summed E-state index contributed by atoms with van der Waals surface area (Å²) in [5.41, 5.74) is 0.853. The van der Waals surface area contributed by atoms with Crippen LogP contribution in [0.15, 0.2) is 24.3 Å². The van der Waals surface area contributed by atoms with E-state index in [9.17, 15) is 4.79 Å². The average molecular weight is 208 g/mol. The molecule has 0 aliphatic heterocycles. The molecule has 72 valence electrons. The van der Waals surface area contributed by atoms with Crippen LogP contribution in [0.5, 0.6) is 0 Å². The van der Waals surface area contributed by atoms with Crippen molar-refractivity contribution < 1.29 is 9.90 Å². The predicted molar refractivity (Wildman–Crippen MR) is 55.3 cm³/mol. The second-order valence-corrected chi connectivity index (χ2v) is 3.72. The fraction of sp³-hybridized carbons (Fsp3) is 0.111. The molecular formula is C9H8N2O2S. The third-order valence-corrected chi connectivity index (χ3v) is 2.64. The lowest BCUT2D eigenvalue weighted by Gasteiger charge is -1.94. The minimum absolute atomic E-state index is 0.441. The van der Waals surface area contributed by atoms with Gasteiger partial charge in [0.1, 0.15) is 6.61 Å². The molecule has 0 aliphatic carbocycles. The van der Waals surface area contributed by atoms with Crippen molar-refractivity contribution in [2.45, 2.75) is 0 Å². The number of aromatic nitrogens is 1. The zero-order valence-corrected chi connectivity index (χ0v) is 8.04. The molecule has 4 nitrogen and oxygen atoms in total. The van der Waals surface area contributed by atoms with E-state index >= 15 is 0 Å². The number of aliphatic hydroxyl groups is 1. The lowest BCUT2D eigenvalue weighted by atomic mass is 10.3. The quantitative estimate of drug-likeness (QED) is 0.780. The lowest BCUT2D eigenvalue weighted by Crippen LogP contribution is -2.14. The Morgan fingerprint density at radius 2 is 2.29 bits per heavy atom. The summed E-state index contributed by atoms with van der Waals surface area (Å²) >= 11 is 1.39. The van der Waals surface area contributed by atoms with Gasteiger partial charge in [0.2, 0.25) is 0 Å². The monoisotopic (exact) mass is 208 g/mol. The van der Waals surface area contributed by atoms with Crippen LogP contribution in [-0.2, 0) is 4.79 Å². The lowest BCUT2D eigenvalue weighted by molar-refractivity contribution is -0.118. The van der Waals surface area contributed by atoms with E-state index in [1.165, 1.54) is 11.3 Å². The van der Waals surface area contributed by atoms with Crippen molar-refractivity contribution in [2.24, 2.45) is 0 Å². The second kappa shape index (κ2) is 3.73. The van der Waals surface area contributed by atoms with Crippen molar-refractivity contribution in [1.29, 1.82) is 0 Å². The Hall–Kier alpha value is -1.46. The number of hydrogen-bond acceptors (Lipinski definition) is 4. The SMILES string of the molecule is O=C(CO)Nc1nc2ccccc2s1. The third-order valence-electron chi connectivity index (χ3n) is 1.68. The number of amides is 1. The molecule has 2 aromatic rings. The third kappa shape index (κ3) is 1.73. The summed E-state index contributed by atoms with van der Waals surface area (Å²) in [6.45, 7) is -0.518. The van der Waals surface area contributed by atoms with Crippen molar-refractivity contribution >= 4 is 32.6 Å². The highest BCUT2D eigenvalue weighted by Gasteiger charge is 2.05. The van der Waals surface area contributed by atoms with E-state index in [0.29, 0.717) is 5.13 Å². The summed E-state index contributed by atoms with van der Waals surface area (Å²) in [4.78, 5) is 15.0. The minimum atomic E-state index is -0.518. The van der Waals surface area contributed by atoms with Gasteiger partial charge in [-0.1, -0.05) is 23.5 Å². The van der Waals surface area contributed by atoms with Crippen LogP contribution >= 0.6 is 11.3 Å². The van der Waals surface area contributed by atoms with Crippen molar-refractivity contribution in [3.63, 3.8) is 0 Å². The summed E-state index contributed by atoms with van der Waals surface area (Å²) in [5, 5.41) is 11.6. The van der Waals surface area contributed by atoms with Gasteiger partial charge in [-0.2, -0.15) is 0 Å². The second-order valence-electron chi connectivity index (χ2n) is 2.69. The highest BCUT2D eigenvalue weighted by molar-refractivity contribution is 7.22. The molecule has 1 amide bonds. The first kappa shape index (κ1) is 9.11. The van der Waals surface area contributed by atoms with E-state index in [1.807, 2.05) is 24.3 Å². The minimum Gasteiger partial charge on any atom is -0.387 e. The van der Waals surface area contributed by atoms with Crippen LogP contribution in [0.25, 0.3) is 10.2 Å². The molecule has 0 bridgehead atoms. The number of para-hydroxylation sites is 1. The van der Waals surface area contributed by atoms with Crippen LogP contribution in [0, 0.1) is 0 Å². The zero-order chi connectivity index (χ0) is 9.97. The predicted octanol–water partition coefficient (Wildman–Crippen LogP) is 1.23. The van der Waals surface area contributed by atoms with Crippen molar-refractivity contribution in [3.05, 3.63) is 24.3 Å². The first-order valence-corrected chi connectivity index (χ1v) is 4.87. The number of carbonyl (C=O) groups is 1. The van der Waals surface area contributed by atoms with E-state index in [1.54, 1.807) is 0 Å². The molecule has 1 aromatic carbocycles. The van der Waals surface area contributed by atoms with E-state index in [4.69, 9.17) is 5.11 Å². The molecule has 0 spiro atoms. The molecule has 2 N–H and O–H groups in total. The molecule has 2 rings (SSSR count). The van der Waals surface area contributed by atoms with Crippen LogP contribution in [0.4, 0.5) is 5.13 Å². The number of nitrogens with zero attached hydrogens (tertiary/aromatic N) is 1. The van der Waals surface area contributed by atoms with Gasteiger partial charge < -0.3 is 5.11 Å². The van der Waals surface area contributed by atoms with E-state index in [0.717, 1.165) is 10.2 Å². The standard InChI is InChI=1S/C9H8N2O2S/c12-5-8(13)11-9-10-6-3-1-2-4-7(6)14-9/h1-4,12H,5H2,(H,10,11,13). The molecule has 0 radical (unpaired) electrons. The maximum Gasteiger partial charge on any atom is 0.251 e. The summed E-state index contributed by atoms with van der Waals surface area (Å²) in [6.07, 6.45) is 0. The number of rotatable bonds is 2. The molecule has 0 aliphatic rings. The van der Waals surface area contributed by atoms with Gasteiger partial charge >= 0.3 is 0 Å². The highest BCUT2D eigenvalue weighted by atomic mass is 32.1. The molecule has 0 fully saturated rings. The molecule has 1 heterocycles. The maximum absolute atomic E-state index is 10.9. The Labute approximate surface area is 84.2 Å². The molecule has 0 saturated heterocycles. The van der Waals surface area contributed by atoms with Crippen LogP contribution in [0.2, 0.25) is 0 Å². The van der Waals surface area contributed by atoms with E-state index in [-0.39, 0.29) is 0 Å². The van der Waals surface area contributed by atoms with Crippen LogP contribution in [-0.4, -0.2) is 22.6 Å². The molecular weight excluding hydrogens is 200 g/mol. The number of hydrogen-bond donors (Lipinski definition) is 2. The fourth-order valence-electron chi connectivity index (χ4n) is 1.08. The number of aliphatic hydroxyl groups excluding tert-OH is 1. The van der Waals surface area contributed by atoms with Crippen LogP contribution in [0.3, 0.4) is 0 Å². The average Bonchev–Trinajstić information content (AvgIpc) is 2.59. The van der Waals surface area contributed by atoms with Gasteiger partial charge in [0, 0.05) is 0 Å². The molecule has 0 unspecified atom stereocenters. The normalized spacial score (nSPS) is 10.4. The molecule has 1 aromatic heterocycles. The Morgan fingerprint density at radius 3 is 3.00 bits per heavy atom. The van der Waals surface area contributed by atoms with Crippen LogP contribution in [0.1, 0.15) is 0 Å². The molecule has 5 heteroatoms. The van der Waals surface area contributed by atoms with Crippen LogP contribution < -0.4 is 5.32 Å². The number of benzene rings is 1. The Balaban J connectivity index is 2.31. The summed E-state index contributed by atoms with van der Waals surface area (Å²) in [6, 6.07) is 7.61. The zero-order valence-electron chi connectivity index (χ0n) is 7.23. The van der Waals surface area contributed by atoms with Gasteiger partial charge in [-0.15, -0.1) is 0 Å². The first-order chi connectivity index (χ1) is 6.79. The molecule has 14 heavy (non-hydrogen) atoms. The Bertz CT molecular complexity index is 434. The number of anilines is 1. The Morgan fingerprint density at radius 1 is 1.50 bits per heavy atom. The van der Waals surface area contributed by atoms with E-state index in [2.05, 4.69) is 10.3 Å². The summed E-state index contributed by atoms with van der Waals surface area (Å²) < 4.78 is 1.01. The topological polar surface area (TPSA) is 62.2 Å². The first-order valence-electron chi connectivity index (χ1n) is 4.06. The largest absolute Gasteiger partial charge is 0.387 e. The van der Waals surface area contributed by atoms with Gasteiger partial charge in [0.15, 0.2) is 5.13 Å². The van der Waals surface area contributed by atoms with Gasteiger partial charge in [-0.3, -0.25) is 10.1 Å². The van der Waals surface area contributed by atoms with E-state index < -0.39 is 12.5 Å². The highest BCUT2D eigenvalue weighted by Crippen LogP contribution is 2.24.